The van der Waals surface area contributed by atoms with Crippen LogP contribution in [0.3, 0.4) is 0 Å². The number of nitrogens with zero attached hydrogens (tertiary/aromatic N) is 1. The number of aromatic nitrogens is 1. The van der Waals surface area contributed by atoms with Crippen molar-refractivity contribution in [1.82, 2.24) is 4.57 Å². The molecule has 0 radical (unpaired) electrons. The first-order valence-corrected chi connectivity index (χ1v) is 10.8. The van der Waals surface area contributed by atoms with Crippen LogP contribution in [0, 0.1) is 0 Å². The van der Waals surface area contributed by atoms with Crippen molar-refractivity contribution in [3.63, 3.8) is 0 Å². The minimum Gasteiger partial charge on any atom is -0.483 e. The number of carbonyl (C=O) groups excluding carboxylic acids is 1. The standard InChI is InChI=1S/C21H23NO5S/c1-16(15-23)26-19-7-3-5-17(13-19)6-4-11-22-12-10-18-14-20(8-9-21(18)22)27-28(2,24)25/h3,5,7-10,12-16H,4,6,11H2,1-2H3. The molecule has 0 spiro atoms. The molecule has 1 atom stereocenters. The van der Waals surface area contributed by atoms with E-state index in [2.05, 4.69) is 4.57 Å². The van der Waals surface area contributed by atoms with Gasteiger partial charge in [-0.05, 0) is 61.7 Å². The van der Waals surface area contributed by atoms with Crippen molar-refractivity contribution in [1.29, 1.82) is 0 Å². The van der Waals surface area contributed by atoms with Crippen molar-refractivity contribution >= 4 is 27.3 Å². The van der Waals surface area contributed by atoms with Gasteiger partial charge in [-0.15, -0.1) is 0 Å². The van der Waals surface area contributed by atoms with E-state index >= 15 is 0 Å². The molecule has 0 N–H and O–H groups in total. The molecule has 148 valence electrons. The lowest BCUT2D eigenvalue weighted by molar-refractivity contribution is -0.113. The van der Waals surface area contributed by atoms with Gasteiger partial charge >= 0.3 is 10.1 Å². The molecule has 1 heterocycles. The van der Waals surface area contributed by atoms with Crippen molar-refractivity contribution in [2.45, 2.75) is 32.4 Å². The van der Waals surface area contributed by atoms with Gasteiger partial charge in [0.15, 0.2) is 12.4 Å². The Balaban J connectivity index is 1.63. The molecule has 0 amide bonds. The maximum atomic E-state index is 11.3. The van der Waals surface area contributed by atoms with Gasteiger partial charge in [0.05, 0.1) is 6.26 Å². The van der Waals surface area contributed by atoms with E-state index in [0.717, 1.165) is 48.4 Å². The summed E-state index contributed by atoms with van der Waals surface area (Å²) in [6.45, 7) is 2.54. The van der Waals surface area contributed by atoms with Gasteiger partial charge in [-0.3, -0.25) is 4.79 Å². The van der Waals surface area contributed by atoms with Crippen LogP contribution < -0.4 is 8.92 Å². The number of fused-ring (bicyclic) bond motifs is 1. The maximum absolute atomic E-state index is 11.3. The van der Waals surface area contributed by atoms with Crippen LogP contribution in [-0.2, 0) is 27.9 Å². The highest BCUT2D eigenvalue weighted by Gasteiger charge is 2.08. The Kier molecular flexibility index (Phi) is 6.04. The Labute approximate surface area is 164 Å². The average molecular weight is 401 g/mol. The molecule has 1 aromatic heterocycles. The van der Waals surface area contributed by atoms with E-state index in [1.54, 1.807) is 19.1 Å². The van der Waals surface area contributed by atoms with E-state index in [1.165, 1.54) is 0 Å². The summed E-state index contributed by atoms with van der Waals surface area (Å²) in [4.78, 5) is 10.7. The van der Waals surface area contributed by atoms with Crippen molar-refractivity contribution in [2.24, 2.45) is 0 Å². The lowest BCUT2D eigenvalue weighted by atomic mass is 10.1. The lowest BCUT2D eigenvalue weighted by Crippen LogP contribution is -2.12. The monoisotopic (exact) mass is 401 g/mol. The molecule has 0 aliphatic heterocycles. The number of benzene rings is 2. The predicted molar refractivity (Wildman–Crippen MR) is 108 cm³/mol. The Morgan fingerprint density at radius 2 is 1.93 bits per heavy atom. The van der Waals surface area contributed by atoms with Gasteiger partial charge in [-0.2, -0.15) is 8.42 Å². The molecular weight excluding hydrogens is 378 g/mol. The number of aryl methyl sites for hydroxylation is 2. The van der Waals surface area contributed by atoms with Gasteiger partial charge in [-0.25, -0.2) is 0 Å². The number of rotatable bonds is 9. The third-order valence-electron chi connectivity index (χ3n) is 4.27. The van der Waals surface area contributed by atoms with E-state index in [1.807, 2.05) is 42.6 Å². The first kappa shape index (κ1) is 19.9. The molecule has 6 nitrogen and oxygen atoms in total. The summed E-state index contributed by atoms with van der Waals surface area (Å²) in [7, 11) is -3.53. The van der Waals surface area contributed by atoms with Crippen LogP contribution in [0.5, 0.6) is 11.5 Å². The average Bonchev–Trinajstić information content (AvgIpc) is 3.03. The van der Waals surface area contributed by atoms with Gasteiger partial charge in [0.25, 0.3) is 0 Å². The molecule has 0 bridgehead atoms. The third kappa shape index (κ3) is 5.36. The molecule has 0 fully saturated rings. The van der Waals surface area contributed by atoms with Crippen LogP contribution >= 0.6 is 0 Å². The summed E-state index contributed by atoms with van der Waals surface area (Å²) in [6.07, 6.45) is 5.14. The lowest BCUT2D eigenvalue weighted by Gasteiger charge is -2.10. The van der Waals surface area contributed by atoms with E-state index in [0.29, 0.717) is 11.5 Å². The molecule has 1 unspecified atom stereocenters. The topological polar surface area (TPSA) is 74.6 Å². The second-order valence-electron chi connectivity index (χ2n) is 6.73. The van der Waals surface area contributed by atoms with Crippen molar-refractivity contribution < 1.29 is 22.1 Å². The fourth-order valence-electron chi connectivity index (χ4n) is 3.07. The second-order valence-corrected chi connectivity index (χ2v) is 8.30. The number of ether oxygens (including phenoxy) is 1. The quantitative estimate of drug-likeness (QED) is 0.405. The molecule has 3 aromatic rings. The highest BCUT2D eigenvalue weighted by atomic mass is 32.2. The molecule has 7 heteroatoms. The fraction of sp³-hybridized carbons (Fsp3) is 0.286. The summed E-state index contributed by atoms with van der Waals surface area (Å²) in [6, 6.07) is 15.0. The summed E-state index contributed by atoms with van der Waals surface area (Å²) < 4.78 is 35.1. The van der Waals surface area contributed by atoms with E-state index in [4.69, 9.17) is 8.92 Å². The maximum Gasteiger partial charge on any atom is 0.306 e. The molecule has 0 saturated heterocycles. The van der Waals surface area contributed by atoms with Crippen molar-refractivity contribution in [3.8, 4) is 11.5 Å². The summed E-state index contributed by atoms with van der Waals surface area (Å²) in [5, 5.41) is 0.930. The Morgan fingerprint density at radius 3 is 2.68 bits per heavy atom. The van der Waals surface area contributed by atoms with Crippen LogP contribution in [0.25, 0.3) is 10.9 Å². The number of aldehydes is 1. The van der Waals surface area contributed by atoms with E-state index in [9.17, 15) is 13.2 Å². The summed E-state index contributed by atoms with van der Waals surface area (Å²) in [5.41, 5.74) is 2.17. The number of hydrogen-bond donors (Lipinski definition) is 0. The van der Waals surface area contributed by atoms with E-state index in [-0.39, 0.29) is 0 Å². The van der Waals surface area contributed by atoms with Crippen LogP contribution in [0.2, 0.25) is 0 Å². The first-order chi connectivity index (χ1) is 13.3. The normalized spacial score (nSPS) is 12.6. The zero-order chi connectivity index (χ0) is 20.1. The minimum atomic E-state index is -3.53. The predicted octanol–water partition coefficient (Wildman–Crippen LogP) is 3.58. The SMILES string of the molecule is CC(C=O)Oc1cccc(CCCn2ccc3cc(OS(C)(=O)=O)ccc32)c1. The molecule has 2 aromatic carbocycles. The fourth-order valence-corrected chi connectivity index (χ4v) is 3.52. The summed E-state index contributed by atoms with van der Waals surface area (Å²) >= 11 is 0. The zero-order valence-corrected chi connectivity index (χ0v) is 16.7. The number of hydrogen-bond acceptors (Lipinski definition) is 5. The van der Waals surface area contributed by atoms with Gasteiger partial charge in [0.2, 0.25) is 0 Å². The van der Waals surface area contributed by atoms with Crippen molar-refractivity contribution in [3.05, 3.63) is 60.3 Å². The number of carbonyl (C=O) groups is 1. The van der Waals surface area contributed by atoms with Gasteiger partial charge in [0.1, 0.15) is 11.5 Å². The Morgan fingerprint density at radius 1 is 1.11 bits per heavy atom. The highest BCUT2D eigenvalue weighted by Crippen LogP contribution is 2.23. The van der Waals surface area contributed by atoms with Crippen LogP contribution in [0.15, 0.2) is 54.7 Å². The summed E-state index contributed by atoms with van der Waals surface area (Å²) in [5.74, 6) is 1.01. The third-order valence-corrected chi connectivity index (χ3v) is 4.76. The van der Waals surface area contributed by atoms with Crippen LogP contribution in [0.4, 0.5) is 0 Å². The second kappa shape index (κ2) is 8.48. The Hall–Kier alpha value is -2.80. The molecule has 0 aliphatic rings. The van der Waals surface area contributed by atoms with Gasteiger partial charge in [0, 0.05) is 23.6 Å². The van der Waals surface area contributed by atoms with Crippen LogP contribution in [0.1, 0.15) is 18.9 Å². The van der Waals surface area contributed by atoms with Crippen LogP contribution in [-0.4, -0.2) is 31.6 Å². The minimum absolute atomic E-state index is 0.314. The van der Waals surface area contributed by atoms with Gasteiger partial charge in [-0.1, -0.05) is 12.1 Å². The molecule has 0 saturated carbocycles. The van der Waals surface area contributed by atoms with E-state index < -0.39 is 16.2 Å². The Bertz CT molecular complexity index is 1070. The first-order valence-electron chi connectivity index (χ1n) is 9.03. The molecule has 0 aliphatic carbocycles. The highest BCUT2D eigenvalue weighted by molar-refractivity contribution is 7.86. The largest absolute Gasteiger partial charge is 0.483 e. The molecule has 3 rings (SSSR count). The van der Waals surface area contributed by atoms with Crippen molar-refractivity contribution in [2.75, 3.05) is 6.26 Å². The zero-order valence-electron chi connectivity index (χ0n) is 15.9. The molecule has 28 heavy (non-hydrogen) atoms. The smallest absolute Gasteiger partial charge is 0.306 e. The molecular formula is C21H23NO5S. The van der Waals surface area contributed by atoms with Gasteiger partial charge < -0.3 is 13.5 Å².